The lowest BCUT2D eigenvalue weighted by Gasteiger charge is -2.14. The van der Waals surface area contributed by atoms with E-state index in [1.54, 1.807) is 19.4 Å². The second kappa shape index (κ2) is 5.39. The molecule has 0 bridgehead atoms. The highest BCUT2D eigenvalue weighted by Crippen LogP contribution is 2.22. The van der Waals surface area contributed by atoms with Gasteiger partial charge in [0.25, 0.3) is 0 Å². The molecule has 5 heteroatoms. The third-order valence-corrected chi connectivity index (χ3v) is 2.10. The highest BCUT2D eigenvalue weighted by Gasteiger charge is 2.06. The smallest absolute Gasteiger partial charge is 0.145 e. The van der Waals surface area contributed by atoms with Crippen molar-refractivity contribution in [2.45, 2.75) is 13.0 Å². The first-order valence-corrected chi connectivity index (χ1v) is 4.95. The van der Waals surface area contributed by atoms with Gasteiger partial charge in [0.15, 0.2) is 0 Å². The van der Waals surface area contributed by atoms with E-state index in [9.17, 15) is 0 Å². The zero-order valence-electron chi connectivity index (χ0n) is 8.05. The van der Waals surface area contributed by atoms with Crippen molar-refractivity contribution in [1.29, 1.82) is 0 Å². The molecular formula is C9H12Cl2N2O. The van der Waals surface area contributed by atoms with Crippen LogP contribution in [0, 0.1) is 0 Å². The fourth-order valence-electron chi connectivity index (χ4n) is 1.05. The van der Waals surface area contributed by atoms with E-state index in [1.165, 1.54) is 0 Å². The fraction of sp³-hybridized carbons (Fsp3) is 0.444. The number of pyridine rings is 1. The molecule has 1 aromatic heterocycles. The molecule has 1 rings (SSSR count). The molecule has 0 amide bonds. The number of hydrogen-bond acceptors (Lipinski definition) is 3. The molecule has 0 saturated carbocycles. The van der Waals surface area contributed by atoms with E-state index in [2.05, 4.69) is 10.3 Å². The Bertz CT molecular complexity index is 307. The van der Waals surface area contributed by atoms with Crippen LogP contribution in [0.25, 0.3) is 0 Å². The Morgan fingerprint density at radius 1 is 1.57 bits per heavy atom. The molecule has 1 unspecified atom stereocenters. The minimum absolute atomic E-state index is 0.158. The van der Waals surface area contributed by atoms with Crippen molar-refractivity contribution >= 4 is 29.0 Å². The third kappa shape index (κ3) is 3.33. The lowest BCUT2D eigenvalue weighted by atomic mass is 10.3. The van der Waals surface area contributed by atoms with Gasteiger partial charge in [0.05, 0.1) is 16.7 Å². The molecule has 1 aromatic rings. The summed E-state index contributed by atoms with van der Waals surface area (Å²) in [5.41, 5.74) is 0. The van der Waals surface area contributed by atoms with Gasteiger partial charge < -0.3 is 10.1 Å². The summed E-state index contributed by atoms with van der Waals surface area (Å²) in [5, 5.41) is 4.15. The summed E-state index contributed by atoms with van der Waals surface area (Å²) in [5.74, 6) is 0.626. The quantitative estimate of drug-likeness (QED) is 0.871. The van der Waals surface area contributed by atoms with Gasteiger partial charge in [-0.05, 0) is 13.0 Å². The number of aromatic nitrogens is 1. The van der Waals surface area contributed by atoms with Crippen molar-refractivity contribution in [1.82, 2.24) is 4.98 Å². The number of halogens is 2. The monoisotopic (exact) mass is 234 g/mol. The molecule has 1 N–H and O–H groups in total. The first kappa shape index (κ1) is 11.6. The van der Waals surface area contributed by atoms with Crippen molar-refractivity contribution < 1.29 is 4.74 Å². The highest BCUT2D eigenvalue weighted by atomic mass is 35.5. The Morgan fingerprint density at radius 3 is 2.86 bits per heavy atom. The number of rotatable bonds is 4. The summed E-state index contributed by atoms with van der Waals surface area (Å²) in [6.45, 7) is 2.58. The number of nitrogens with one attached hydrogen (secondary N) is 1. The van der Waals surface area contributed by atoms with Gasteiger partial charge in [-0.3, -0.25) is 0 Å². The van der Waals surface area contributed by atoms with Crippen LogP contribution in [0.15, 0.2) is 12.3 Å². The van der Waals surface area contributed by atoms with Crippen LogP contribution in [0.4, 0.5) is 5.82 Å². The summed E-state index contributed by atoms with van der Waals surface area (Å²) in [6.07, 6.45) is 1.55. The molecule has 14 heavy (non-hydrogen) atoms. The van der Waals surface area contributed by atoms with Gasteiger partial charge in [-0.1, -0.05) is 23.2 Å². The standard InChI is InChI=1S/C9H12Cl2N2O/c1-6(5-14-2)13-9-8(11)3-7(10)4-12-9/h3-4,6H,5H2,1-2H3,(H,12,13). The van der Waals surface area contributed by atoms with Gasteiger partial charge in [-0.2, -0.15) is 0 Å². The summed E-state index contributed by atoms with van der Waals surface area (Å²) < 4.78 is 4.98. The van der Waals surface area contributed by atoms with Crippen molar-refractivity contribution in [3.8, 4) is 0 Å². The van der Waals surface area contributed by atoms with E-state index in [-0.39, 0.29) is 6.04 Å². The van der Waals surface area contributed by atoms with E-state index < -0.39 is 0 Å². The second-order valence-electron chi connectivity index (χ2n) is 2.98. The summed E-state index contributed by atoms with van der Waals surface area (Å²) >= 11 is 11.6. The Labute approximate surface area is 93.4 Å². The molecule has 0 spiro atoms. The zero-order valence-corrected chi connectivity index (χ0v) is 9.56. The lowest BCUT2D eigenvalue weighted by Crippen LogP contribution is -2.21. The van der Waals surface area contributed by atoms with Crippen molar-refractivity contribution in [2.24, 2.45) is 0 Å². The fourth-order valence-corrected chi connectivity index (χ4v) is 1.48. The lowest BCUT2D eigenvalue weighted by molar-refractivity contribution is 0.190. The molecule has 1 atom stereocenters. The van der Waals surface area contributed by atoms with Crippen LogP contribution in [-0.2, 0) is 4.74 Å². The molecular weight excluding hydrogens is 223 g/mol. The molecule has 0 radical (unpaired) electrons. The number of anilines is 1. The van der Waals surface area contributed by atoms with Gasteiger partial charge >= 0.3 is 0 Å². The second-order valence-corrected chi connectivity index (χ2v) is 3.83. The van der Waals surface area contributed by atoms with Gasteiger partial charge in [0, 0.05) is 19.3 Å². The first-order chi connectivity index (χ1) is 6.63. The molecule has 78 valence electrons. The molecule has 0 aromatic carbocycles. The highest BCUT2D eigenvalue weighted by molar-refractivity contribution is 6.35. The number of methoxy groups -OCH3 is 1. The van der Waals surface area contributed by atoms with Crippen LogP contribution in [0.2, 0.25) is 10.0 Å². The molecule has 0 aliphatic rings. The SMILES string of the molecule is COCC(C)Nc1ncc(Cl)cc1Cl. The maximum absolute atomic E-state index is 5.92. The van der Waals surface area contributed by atoms with Gasteiger partial charge in [-0.25, -0.2) is 4.98 Å². The Hall–Kier alpha value is -0.510. The maximum atomic E-state index is 5.92. The Kier molecular flexibility index (Phi) is 4.45. The molecule has 0 aliphatic carbocycles. The minimum atomic E-state index is 0.158. The summed E-state index contributed by atoms with van der Waals surface area (Å²) in [6, 6.07) is 1.81. The van der Waals surface area contributed by atoms with E-state index in [0.29, 0.717) is 22.5 Å². The number of hydrogen-bond donors (Lipinski definition) is 1. The normalized spacial score (nSPS) is 12.6. The van der Waals surface area contributed by atoms with Gasteiger partial charge in [0.2, 0.25) is 0 Å². The molecule has 1 heterocycles. The van der Waals surface area contributed by atoms with E-state index in [4.69, 9.17) is 27.9 Å². The van der Waals surface area contributed by atoms with Gasteiger partial charge in [0.1, 0.15) is 5.82 Å². The van der Waals surface area contributed by atoms with Crippen molar-refractivity contribution in [2.75, 3.05) is 19.0 Å². The Balaban J connectivity index is 2.67. The average Bonchev–Trinajstić information content (AvgIpc) is 2.10. The largest absolute Gasteiger partial charge is 0.383 e. The van der Waals surface area contributed by atoms with Crippen molar-refractivity contribution in [3.05, 3.63) is 22.3 Å². The first-order valence-electron chi connectivity index (χ1n) is 4.20. The third-order valence-electron chi connectivity index (χ3n) is 1.61. The molecule has 0 aliphatic heterocycles. The van der Waals surface area contributed by atoms with E-state index in [1.807, 2.05) is 6.92 Å². The molecule has 0 fully saturated rings. The topological polar surface area (TPSA) is 34.1 Å². The predicted molar refractivity (Wildman–Crippen MR) is 59.2 cm³/mol. The molecule has 0 saturated heterocycles. The van der Waals surface area contributed by atoms with Crippen molar-refractivity contribution in [3.63, 3.8) is 0 Å². The van der Waals surface area contributed by atoms with Crippen LogP contribution >= 0.6 is 23.2 Å². The van der Waals surface area contributed by atoms with Crippen LogP contribution < -0.4 is 5.32 Å². The summed E-state index contributed by atoms with van der Waals surface area (Å²) in [7, 11) is 1.65. The van der Waals surface area contributed by atoms with Crippen LogP contribution in [0.3, 0.4) is 0 Å². The Morgan fingerprint density at radius 2 is 2.29 bits per heavy atom. The van der Waals surface area contributed by atoms with E-state index >= 15 is 0 Å². The minimum Gasteiger partial charge on any atom is -0.383 e. The van der Waals surface area contributed by atoms with Crippen LogP contribution in [0.1, 0.15) is 6.92 Å². The predicted octanol–water partition coefficient (Wildman–Crippen LogP) is 2.84. The average molecular weight is 235 g/mol. The van der Waals surface area contributed by atoms with Gasteiger partial charge in [-0.15, -0.1) is 0 Å². The number of nitrogens with zero attached hydrogens (tertiary/aromatic N) is 1. The summed E-state index contributed by atoms with van der Waals surface area (Å²) in [4.78, 5) is 4.07. The molecule has 3 nitrogen and oxygen atoms in total. The van der Waals surface area contributed by atoms with E-state index in [0.717, 1.165) is 0 Å². The number of ether oxygens (including phenoxy) is 1. The van der Waals surface area contributed by atoms with Crippen LogP contribution in [-0.4, -0.2) is 24.7 Å². The van der Waals surface area contributed by atoms with Crippen LogP contribution in [0.5, 0.6) is 0 Å². The zero-order chi connectivity index (χ0) is 10.6. The maximum Gasteiger partial charge on any atom is 0.145 e.